The Balaban J connectivity index is -0.0000000289. The Hall–Kier alpha value is 4.96. The standard InChI is InChI=1S/C9H10N2O.C6H6O2.CNS.CH2O3.BrH.HI.2K.4Na.2H2O3S.H2O/c12-9-6-7-11(10-9)8-4-2-1-3-5-8;7-5-1-2-6(8)4-3-5;2-1-3;2-1(3)4;;;;;;;;;2*1-4(2)3;/h1-5H,6-7H2,(H,10,12);1-4,7-8H;;(H2,2,3,4);2*1H;;;;;;;2*(H2,1,2,3);1H2/q;;-1;;;;6*+1;;;/p-5. The van der Waals surface area contributed by atoms with Crippen LogP contribution in [0.3, 0.4) is 0 Å². The van der Waals surface area contributed by atoms with Gasteiger partial charge in [-0.1, -0.05) is 30.4 Å². The normalized spacial score (nSPS) is 9.02. The van der Waals surface area contributed by atoms with Gasteiger partial charge < -0.3 is 86.2 Å². The SMILES string of the molecule is O.O=C([O-])[O-].O=C1CCN(c2ccccc2)N1.O=S(O)O.O=S([O-])O.Oc1ccc(O)cc1.[Br-].[I-].[K+].[K+].[N-]=C=S.[Na+].[Na+].[Na+].[Na+]. The van der Waals surface area contributed by atoms with Gasteiger partial charge in [-0.2, -0.15) is 9.37 Å². The number of carbonyl (C=O) groups excluding carboxylic acids is 2. The Kier molecular flexibility index (Phi) is 113. The molecule has 2 aromatic rings. The number of phenols is 2. The number of carboxylic acid groups (broad SMARTS) is 2. The summed E-state index contributed by atoms with van der Waals surface area (Å²) in [5.41, 5.74) is 3.81. The molecule has 0 aliphatic carbocycles. The van der Waals surface area contributed by atoms with Gasteiger partial charge in [0, 0.05) is 13.0 Å². The summed E-state index contributed by atoms with van der Waals surface area (Å²) in [5.74, 6) is 0.435. The van der Waals surface area contributed by atoms with Crippen LogP contribution in [0.5, 0.6) is 11.5 Å². The molecule has 0 saturated carbocycles. The summed E-state index contributed by atoms with van der Waals surface area (Å²) in [6.45, 7) is 0.767. The molecule has 0 radical (unpaired) electrons. The number of rotatable bonds is 1. The summed E-state index contributed by atoms with van der Waals surface area (Å²) in [6.07, 6.45) is -1.74. The van der Waals surface area contributed by atoms with Crippen molar-refractivity contribution < 1.29 is 324 Å². The average Bonchev–Trinajstić information content (AvgIpc) is 3.17. The second-order valence-electron chi connectivity index (χ2n) is 5.08. The van der Waals surface area contributed by atoms with E-state index in [-0.39, 0.29) is 285 Å². The Morgan fingerprint density at radius 3 is 1.36 bits per heavy atom. The summed E-state index contributed by atoms with van der Waals surface area (Å²) >= 11 is -1.77. The fourth-order valence-electron chi connectivity index (χ4n) is 1.73. The molecule has 0 bridgehead atoms. The number of para-hydroxylation sites is 1. The molecular weight excluding hydrogens is 927 g/mol. The number of nitrogens with one attached hydrogen (secondary N) is 1. The van der Waals surface area contributed by atoms with E-state index in [4.69, 9.17) is 57.3 Å². The van der Waals surface area contributed by atoms with Crippen LogP contribution in [-0.4, -0.2) is 66.1 Å². The maximum absolute atomic E-state index is 10.9. The zero-order valence-electron chi connectivity index (χ0n) is 24.6. The van der Waals surface area contributed by atoms with Crippen molar-refractivity contribution in [2.45, 2.75) is 6.42 Å². The summed E-state index contributed by atoms with van der Waals surface area (Å²) in [6, 6.07) is 15.5. The van der Waals surface area contributed by atoms with Gasteiger partial charge in [-0.15, -0.1) is 0 Å². The third-order valence-electron chi connectivity index (χ3n) is 2.74. The first-order valence-electron chi connectivity index (χ1n) is 8.34. The first kappa shape index (κ1) is 82.4. The van der Waals surface area contributed by atoms with Gasteiger partial charge in [-0.05, 0) is 42.6 Å². The quantitative estimate of drug-likeness (QED) is 0.0387. The largest absolute Gasteiger partial charge is 1.00 e. The van der Waals surface area contributed by atoms with Crippen molar-refractivity contribution in [1.82, 2.24) is 5.43 Å². The molecule has 1 unspecified atom stereocenters. The summed E-state index contributed by atoms with van der Waals surface area (Å²) in [5, 5.41) is 44.3. The van der Waals surface area contributed by atoms with Gasteiger partial charge in [0.1, 0.15) is 11.5 Å². The van der Waals surface area contributed by atoms with Crippen molar-refractivity contribution in [3.8, 4) is 11.5 Å². The van der Waals surface area contributed by atoms with Crippen LogP contribution in [0.1, 0.15) is 6.42 Å². The van der Waals surface area contributed by atoms with E-state index in [1.165, 1.54) is 29.4 Å². The minimum absolute atomic E-state index is 0. The maximum atomic E-state index is 10.9. The van der Waals surface area contributed by atoms with Crippen LogP contribution in [0.25, 0.3) is 5.41 Å². The monoisotopic (exact) mass is 947 g/mol. The summed E-state index contributed by atoms with van der Waals surface area (Å²) < 4.78 is 46.9. The number of hydrogen-bond acceptors (Lipinski definition) is 11. The second-order valence-corrected chi connectivity index (χ2v) is 6.16. The minimum Gasteiger partial charge on any atom is -1.00 e. The van der Waals surface area contributed by atoms with Crippen molar-refractivity contribution >= 4 is 57.9 Å². The number of phenolic OH excluding ortho intramolecular Hbond substituents is 2. The number of thiocarbonyl (C=S) groups is 1. The molecule has 3 rings (SSSR count). The van der Waals surface area contributed by atoms with Crippen LogP contribution >= 0.6 is 12.2 Å². The Morgan fingerprint density at radius 2 is 1.16 bits per heavy atom. The van der Waals surface area contributed by atoms with Crippen LogP contribution in [0.4, 0.5) is 10.5 Å². The van der Waals surface area contributed by atoms with Crippen molar-refractivity contribution in [3.63, 3.8) is 0 Å². The van der Waals surface area contributed by atoms with Crippen molar-refractivity contribution in [1.29, 1.82) is 0 Å². The van der Waals surface area contributed by atoms with Crippen molar-refractivity contribution in [3.05, 3.63) is 60.0 Å². The predicted molar refractivity (Wildman–Crippen MR) is 126 cm³/mol. The average molecular weight is 949 g/mol. The van der Waals surface area contributed by atoms with E-state index in [0.717, 1.165) is 12.2 Å². The summed E-state index contributed by atoms with van der Waals surface area (Å²) in [7, 11) is 0. The fraction of sp³-hybridized carbons (Fsp3) is 0.118. The molecular formula is C17H21BrIK2N3Na4O13S3. The topological polar surface area (TPSA) is 308 Å². The minimum atomic E-state index is -2.86. The molecule has 220 valence electrons. The molecule has 2 aromatic carbocycles. The molecule has 1 aliphatic rings. The second kappa shape index (κ2) is 60.1. The molecule has 1 fully saturated rings. The van der Waals surface area contributed by atoms with Gasteiger partial charge >= 0.3 is 221 Å². The smallest absolute Gasteiger partial charge is 1.00 e. The Morgan fingerprint density at radius 1 is 0.909 bits per heavy atom. The molecule has 1 heterocycles. The first-order valence-corrected chi connectivity index (χ1v) is 10.8. The Bertz CT molecular complexity index is 911. The van der Waals surface area contributed by atoms with Gasteiger partial charge in [-0.3, -0.25) is 24.3 Å². The zero-order valence-corrected chi connectivity index (χ0v) is 45.0. The van der Waals surface area contributed by atoms with Crippen LogP contribution in [-0.2, 0) is 27.5 Å². The van der Waals surface area contributed by atoms with Gasteiger partial charge in [0.25, 0.3) is 11.4 Å². The molecule has 27 heteroatoms. The van der Waals surface area contributed by atoms with Gasteiger partial charge in [0.05, 0.1) is 17.0 Å². The number of anilines is 1. The number of hydrazine groups is 1. The molecule has 1 aliphatic heterocycles. The third-order valence-corrected chi connectivity index (χ3v) is 2.74. The first-order chi connectivity index (χ1) is 16.3. The van der Waals surface area contributed by atoms with E-state index >= 15 is 0 Å². The predicted octanol–water partition coefficient (Wildman–Crippen LogP) is -25.5. The number of benzene rings is 2. The number of halogens is 2. The van der Waals surface area contributed by atoms with Crippen molar-refractivity contribution in [2.75, 3.05) is 11.6 Å². The number of isothiocyanates is 1. The van der Waals surface area contributed by atoms with Gasteiger partial charge in [-0.25, -0.2) is 4.21 Å². The van der Waals surface area contributed by atoms with Gasteiger partial charge in [0.2, 0.25) is 5.91 Å². The van der Waals surface area contributed by atoms with Crippen molar-refractivity contribution in [2.24, 2.45) is 0 Å². The molecule has 1 amide bonds. The van der Waals surface area contributed by atoms with E-state index in [9.17, 15) is 4.79 Å². The molecule has 8 N–H and O–H groups in total. The van der Waals surface area contributed by atoms with Gasteiger partial charge in [0.15, 0.2) is 0 Å². The van der Waals surface area contributed by atoms with Crippen LogP contribution in [0.2, 0.25) is 0 Å². The molecule has 16 nitrogen and oxygen atoms in total. The Labute approximate surface area is 466 Å². The van der Waals surface area contributed by atoms with E-state index in [1.54, 1.807) is 0 Å². The van der Waals surface area contributed by atoms with E-state index < -0.39 is 28.9 Å². The molecule has 1 atom stereocenters. The van der Waals surface area contributed by atoms with Crippen LogP contribution in [0.15, 0.2) is 54.6 Å². The number of amides is 1. The van der Waals surface area contributed by atoms with Crippen LogP contribution < -0.4 is 283 Å². The van der Waals surface area contributed by atoms with E-state index in [1.807, 2.05) is 35.3 Å². The number of aromatic hydroxyl groups is 2. The zero-order chi connectivity index (χ0) is 27.8. The molecule has 1 saturated heterocycles. The van der Waals surface area contributed by atoms with Crippen LogP contribution in [0, 0.1) is 0 Å². The molecule has 44 heavy (non-hydrogen) atoms. The maximum Gasteiger partial charge on any atom is 1.00 e. The number of hydrogen-bond donors (Lipinski definition) is 6. The van der Waals surface area contributed by atoms with E-state index in [0.29, 0.717) is 6.42 Å². The number of carbonyl (C=O) groups is 2. The number of nitrogens with zero attached hydrogens (tertiary/aromatic N) is 2. The third kappa shape index (κ3) is 76.7. The molecule has 0 aromatic heterocycles. The summed E-state index contributed by atoms with van der Waals surface area (Å²) in [4.78, 5) is 19.2. The fourth-order valence-corrected chi connectivity index (χ4v) is 1.73. The van der Waals surface area contributed by atoms with E-state index in [2.05, 4.69) is 17.6 Å². The molecule has 0 spiro atoms.